The number of hydrogen-bond acceptors (Lipinski definition) is 5. The molecule has 0 saturated carbocycles. The summed E-state index contributed by atoms with van der Waals surface area (Å²) in [5.41, 5.74) is 1.80. The van der Waals surface area contributed by atoms with Crippen LogP contribution in [0.2, 0.25) is 0 Å². The van der Waals surface area contributed by atoms with Crippen molar-refractivity contribution >= 4 is 46.6 Å². The first-order valence-electron chi connectivity index (χ1n) is 8.35. The number of nitrogens with one attached hydrogen (secondary N) is 1. The third-order valence-electron chi connectivity index (χ3n) is 3.99. The molecule has 28 heavy (non-hydrogen) atoms. The first-order valence-corrected chi connectivity index (χ1v) is 9.43. The van der Waals surface area contributed by atoms with Crippen LogP contribution >= 0.6 is 22.6 Å². The Morgan fingerprint density at radius 2 is 1.93 bits per heavy atom. The summed E-state index contributed by atoms with van der Waals surface area (Å²) in [5, 5.41) is 2.61. The summed E-state index contributed by atoms with van der Waals surface area (Å²) in [7, 11) is 1.29. The fourth-order valence-corrected chi connectivity index (χ4v) is 3.26. The first kappa shape index (κ1) is 19.9. The van der Waals surface area contributed by atoms with Crippen LogP contribution in [0.1, 0.15) is 11.1 Å². The van der Waals surface area contributed by atoms with Crippen LogP contribution in [-0.2, 0) is 20.9 Å². The third kappa shape index (κ3) is 4.69. The first-order chi connectivity index (χ1) is 13.5. The number of benzene rings is 2. The van der Waals surface area contributed by atoms with Gasteiger partial charge < -0.3 is 14.8 Å². The van der Waals surface area contributed by atoms with Crippen LogP contribution < -0.4 is 10.1 Å². The molecule has 2 aromatic carbocycles. The van der Waals surface area contributed by atoms with Gasteiger partial charge in [0.1, 0.15) is 11.4 Å². The molecule has 0 radical (unpaired) electrons. The zero-order chi connectivity index (χ0) is 20.1. The van der Waals surface area contributed by atoms with Crippen LogP contribution in [-0.4, -0.2) is 36.5 Å². The van der Waals surface area contributed by atoms with Crippen LogP contribution in [0.4, 0.5) is 4.79 Å². The zero-order valence-corrected chi connectivity index (χ0v) is 17.1. The molecule has 7 nitrogen and oxygen atoms in total. The second-order valence-electron chi connectivity index (χ2n) is 5.92. The topological polar surface area (TPSA) is 84.9 Å². The Morgan fingerprint density at radius 3 is 2.61 bits per heavy atom. The van der Waals surface area contributed by atoms with Crippen molar-refractivity contribution in [2.45, 2.75) is 6.54 Å². The molecule has 1 saturated heterocycles. The minimum absolute atomic E-state index is 0.185. The van der Waals surface area contributed by atoms with Gasteiger partial charge in [-0.15, -0.1) is 0 Å². The zero-order valence-electron chi connectivity index (χ0n) is 15.0. The van der Waals surface area contributed by atoms with Crippen molar-refractivity contribution in [1.82, 2.24) is 10.2 Å². The fraction of sp³-hybridized carbons (Fsp3) is 0.150. The number of methoxy groups -OCH3 is 1. The number of urea groups is 1. The Hall–Kier alpha value is -2.88. The van der Waals surface area contributed by atoms with Crippen LogP contribution in [0, 0.1) is 3.57 Å². The number of halogens is 1. The van der Waals surface area contributed by atoms with Crippen LogP contribution in [0.3, 0.4) is 0 Å². The molecule has 0 bridgehead atoms. The highest BCUT2D eigenvalue weighted by atomic mass is 127. The summed E-state index contributed by atoms with van der Waals surface area (Å²) in [6.45, 7) is 0.0244. The number of hydrogen-bond donors (Lipinski definition) is 1. The van der Waals surface area contributed by atoms with E-state index in [2.05, 4.69) is 32.6 Å². The molecule has 1 fully saturated rings. The number of ether oxygens (including phenoxy) is 2. The molecular formula is C20H17IN2O5. The molecule has 0 atom stereocenters. The average molecular weight is 492 g/mol. The van der Waals surface area contributed by atoms with E-state index in [4.69, 9.17) is 4.74 Å². The molecule has 0 spiro atoms. The lowest BCUT2D eigenvalue weighted by molar-refractivity contribution is -0.142. The molecule has 1 N–H and O–H groups in total. The van der Waals surface area contributed by atoms with Crippen LogP contribution in [0.15, 0.2) is 54.2 Å². The van der Waals surface area contributed by atoms with Gasteiger partial charge in [-0.1, -0.05) is 36.4 Å². The Kier molecular flexibility index (Phi) is 6.30. The van der Waals surface area contributed by atoms with Crippen molar-refractivity contribution in [2.24, 2.45) is 0 Å². The van der Waals surface area contributed by atoms with E-state index in [-0.39, 0.29) is 24.8 Å². The maximum Gasteiger partial charge on any atom is 0.343 e. The molecule has 1 aliphatic heterocycles. The van der Waals surface area contributed by atoms with Crippen molar-refractivity contribution in [3.63, 3.8) is 0 Å². The highest BCUT2D eigenvalue weighted by molar-refractivity contribution is 14.1. The quantitative estimate of drug-likeness (QED) is 0.290. The van der Waals surface area contributed by atoms with Crippen LogP contribution in [0.5, 0.6) is 5.75 Å². The average Bonchev–Trinajstić information content (AvgIpc) is 2.95. The van der Waals surface area contributed by atoms with E-state index in [1.54, 1.807) is 24.3 Å². The van der Waals surface area contributed by atoms with Crippen molar-refractivity contribution in [3.05, 3.63) is 68.9 Å². The minimum atomic E-state index is -0.472. The van der Waals surface area contributed by atoms with E-state index in [1.807, 2.05) is 30.3 Å². The number of carbonyl (C=O) groups is 3. The fourth-order valence-electron chi connectivity index (χ4n) is 2.57. The molecule has 0 aliphatic carbocycles. The lowest BCUT2D eigenvalue weighted by Gasteiger charge is -2.11. The largest absolute Gasteiger partial charge is 0.481 e. The molecule has 0 aromatic heterocycles. The standard InChI is InChI=1S/C20H17IN2O5/c1-27-18(24)12-28-17-8-7-14(9-15(17)21)10-16-19(25)23(20(26)22-16)11-13-5-3-2-4-6-13/h2-10H,11-12H2,1H3,(H,22,26)/b16-10+. The van der Waals surface area contributed by atoms with Gasteiger partial charge in [0.25, 0.3) is 5.91 Å². The van der Waals surface area contributed by atoms with Crippen molar-refractivity contribution in [1.29, 1.82) is 0 Å². The van der Waals surface area contributed by atoms with Crippen molar-refractivity contribution < 1.29 is 23.9 Å². The maximum atomic E-state index is 12.6. The molecule has 3 rings (SSSR count). The number of imide groups is 1. The van der Waals surface area contributed by atoms with E-state index in [1.165, 1.54) is 12.0 Å². The van der Waals surface area contributed by atoms with Gasteiger partial charge in [-0.05, 0) is 51.9 Å². The summed E-state index contributed by atoms with van der Waals surface area (Å²) in [6, 6.07) is 14.1. The number of amides is 3. The Labute approximate surface area is 175 Å². The summed E-state index contributed by atoms with van der Waals surface area (Å²) >= 11 is 2.07. The molecule has 8 heteroatoms. The SMILES string of the molecule is COC(=O)COc1ccc(/C=C2/NC(=O)N(Cc3ccccc3)C2=O)cc1I. The molecule has 144 valence electrons. The predicted molar refractivity (Wildman–Crippen MR) is 110 cm³/mol. The van der Waals surface area contributed by atoms with E-state index < -0.39 is 12.0 Å². The van der Waals surface area contributed by atoms with E-state index in [0.29, 0.717) is 5.75 Å². The lowest BCUT2D eigenvalue weighted by atomic mass is 10.1. The van der Waals surface area contributed by atoms with Crippen molar-refractivity contribution in [2.75, 3.05) is 13.7 Å². The van der Waals surface area contributed by atoms with E-state index in [9.17, 15) is 14.4 Å². The highest BCUT2D eigenvalue weighted by Crippen LogP contribution is 2.24. The maximum absolute atomic E-state index is 12.6. The molecule has 1 heterocycles. The number of carbonyl (C=O) groups excluding carboxylic acids is 3. The normalized spacial score (nSPS) is 14.9. The van der Waals surface area contributed by atoms with E-state index in [0.717, 1.165) is 14.7 Å². The summed E-state index contributed by atoms with van der Waals surface area (Å²) in [6.07, 6.45) is 1.61. The van der Waals surface area contributed by atoms with Gasteiger partial charge in [-0.2, -0.15) is 0 Å². The van der Waals surface area contributed by atoms with Gasteiger partial charge in [-0.25, -0.2) is 9.59 Å². The molecule has 3 amide bonds. The number of nitrogens with zero attached hydrogens (tertiary/aromatic N) is 1. The summed E-state index contributed by atoms with van der Waals surface area (Å²) in [4.78, 5) is 37.1. The Bertz CT molecular complexity index is 943. The van der Waals surface area contributed by atoms with E-state index >= 15 is 0 Å². The summed E-state index contributed by atoms with van der Waals surface area (Å²) in [5.74, 6) is -0.324. The Balaban J connectivity index is 1.73. The van der Waals surface area contributed by atoms with Gasteiger partial charge in [0, 0.05) is 0 Å². The molecular weight excluding hydrogens is 475 g/mol. The monoisotopic (exact) mass is 492 g/mol. The molecule has 1 aliphatic rings. The van der Waals surface area contributed by atoms with Gasteiger partial charge >= 0.3 is 12.0 Å². The lowest BCUT2D eigenvalue weighted by Crippen LogP contribution is -2.30. The molecule has 2 aromatic rings. The Morgan fingerprint density at radius 1 is 1.18 bits per heavy atom. The van der Waals surface area contributed by atoms with Gasteiger partial charge in [0.2, 0.25) is 0 Å². The second kappa shape index (κ2) is 8.87. The van der Waals surface area contributed by atoms with Gasteiger partial charge in [0.15, 0.2) is 6.61 Å². The number of esters is 1. The summed E-state index contributed by atoms with van der Waals surface area (Å²) < 4.78 is 10.7. The highest BCUT2D eigenvalue weighted by Gasteiger charge is 2.33. The van der Waals surface area contributed by atoms with Gasteiger partial charge in [-0.3, -0.25) is 9.69 Å². The predicted octanol–water partition coefficient (Wildman–Crippen LogP) is 2.94. The van der Waals surface area contributed by atoms with Gasteiger partial charge in [0.05, 0.1) is 17.2 Å². The number of rotatable bonds is 6. The van der Waals surface area contributed by atoms with Crippen molar-refractivity contribution in [3.8, 4) is 5.75 Å². The second-order valence-corrected chi connectivity index (χ2v) is 7.08. The minimum Gasteiger partial charge on any atom is -0.481 e. The smallest absolute Gasteiger partial charge is 0.343 e. The molecule has 0 unspecified atom stereocenters. The van der Waals surface area contributed by atoms with Crippen LogP contribution in [0.25, 0.3) is 6.08 Å². The third-order valence-corrected chi connectivity index (χ3v) is 4.83.